The minimum Gasteiger partial charge on any atom is -0.469 e. The first-order valence-corrected chi connectivity index (χ1v) is 8.94. The van der Waals surface area contributed by atoms with Crippen molar-refractivity contribution in [3.8, 4) is 0 Å². The molecule has 0 spiro atoms. The molecule has 0 heterocycles. The quantitative estimate of drug-likeness (QED) is 0.653. The fraction of sp³-hybridized carbons (Fsp3) is 0.526. The van der Waals surface area contributed by atoms with Crippen LogP contribution in [0.5, 0.6) is 0 Å². The fourth-order valence-corrected chi connectivity index (χ4v) is 2.68. The van der Waals surface area contributed by atoms with Gasteiger partial charge in [0.15, 0.2) is 0 Å². The van der Waals surface area contributed by atoms with Crippen LogP contribution in [0.15, 0.2) is 24.3 Å². The van der Waals surface area contributed by atoms with Crippen LogP contribution in [-0.4, -0.2) is 43.6 Å². The summed E-state index contributed by atoms with van der Waals surface area (Å²) in [5.74, 6) is -1.39. The van der Waals surface area contributed by atoms with Crippen molar-refractivity contribution >= 4 is 29.4 Å². The molecule has 8 heteroatoms. The summed E-state index contributed by atoms with van der Waals surface area (Å²) in [7, 11) is 2.51. The van der Waals surface area contributed by atoms with Gasteiger partial charge in [-0.05, 0) is 38.8 Å². The van der Waals surface area contributed by atoms with E-state index in [1.165, 1.54) is 14.2 Å². The number of hydrogen-bond donors (Lipinski definition) is 2. The molecule has 0 saturated carbocycles. The van der Waals surface area contributed by atoms with Crippen molar-refractivity contribution in [1.82, 2.24) is 10.6 Å². The molecule has 7 nitrogen and oxygen atoms in total. The lowest BCUT2D eigenvalue weighted by atomic mass is 10.0. The molecule has 0 unspecified atom stereocenters. The number of benzene rings is 1. The Hall–Kier alpha value is -2.12. The normalized spacial score (nSPS) is 13.4. The third-order valence-corrected chi connectivity index (χ3v) is 4.04. The summed E-state index contributed by atoms with van der Waals surface area (Å²) >= 11 is 6.27. The first kappa shape index (κ1) is 22.9. The summed E-state index contributed by atoms with van der Waals surface area (Å²) in [6.07, 6.45) is 0.114. The van der Waals surface area contributed by atoms with Gasteiger partial charge in [-0.2, -0.15) is 0 Å². The number of methoxy groups -OCH3 is 2. The molecule has 2 N–H and O–H groups in total. The predicted octanol–water partition coefficient (Wildman–Crippen LogP) is 2.38. The van der Waals surface area contributed by atoms with Crippen molar-refractivity contribution in [1.29, 1.82) is 0 Å². The third-order valence-electron chi connectivity index (χ3n) is 3.69. The second-order valence-corrected chi connectivity index (χ2v) is 7.46. The highest BCUT2D eigenvalue weighted by Gasteiger charge is 2.31. The van der Waals surface area contributed by atoms with Gasteiger partial charge in [0.1, 0.15) is 12.1 Å². The van der Waals surface area contributed by atoms with Crippen LogP contribution in [-0.2, 0) is 23.9 Å². The fourth-order valence-electron chi connectivity index (χ4n) is 2.43. The standard InChI is InChI=1S/C19H27ClN2O5/c1-19(2,3)22-17(24)16(12-8-6-7-9-13(12)20)21-14(18(25)27-5)10-11-15(23)26-4/h6-9,14,16,21H,10-11H2,1-5H3,(H,22,24)/t14-,16-/m0/s1. The van der Waals surface area contributed by atoms with Gasteiger partial charge in [-0.3, -0.25) is 19.7 Å². The van der Waals surface area contributed by atoms with Crippen molar-refractivity contribution in [2.75, 3.05) is 14.2 Å². The first-order valence-electron chi connectivity index (χ1n) is 8.56. The van der Waals surface area contributed by atoms with Crippen LogP contribution < -0.4 is 10.6 Å². The molecule has 1 amide bonds. The maximum atomic E-state index is 12.9. The lowest BCUT2D eigenvalue weighted by Crippen LogP contribution is -2.50. The Kier molecular flexibility index (Phi) is 8.72. The Morgan fingerprint density at radius 2 is 1.74 bits per heavy atom. The molecule has 0 saturated heterocycles. The van der Waals surface area contributed by atoms with Gasteiger partial charge in [0, 0.05) is 17.0 Å². The van der Waals surface area contributed by atoms with Crippen LogP contribution in [0, 0.1) is 0 Å². The predicted molar refractivity (Wildman–Crippen MR) is 102 cm³/mol. The smallest absolute Gasteiger partial charge is 0.322 e. The lowest BCUT2D eigenvalue weighted by molar-refractivity contribution is -0.144. The van der Waals surface area contributed by atoms with E-state index in [1.807, 2.05) is 20.8 Å². The van der Waals surface area contributed by atoms with E-state index in [2.05, 4.69) is 15.4 Å². The summed E-state index contributed by atoms with van der Waals surface area (Å²) in [4.78, 5) is 36.5. The van der Waals surface area contributed by atoms with E-state index < -0.39 is 29.6 Å². The number of ether oxygens (including phenoxy) is 2. The van der Waals surface area contributed by atoms with E-state index in [0.29, 0.717) is 10.6 Å². The van der Waals surface area contributed by atoms with E-state index in [0.717, 1.165) is 0 Å². The van der Waals surface area contributed by atoms with Crippen LogP contribution in [0.3, 0.4) is 0 Å². The molecule has 1 aromatic carbocycles. The molecule has 1 aromatic rings. The van der Waals surface area contributed by atoms with Gasteiger partial charge in [-0.25, -0.2) is 0 Å². The average Bonchev–Trinajstić information content (AvgIpc) is 2.60. The molecule has 0 radical (unpaired) electrons. The van der Waals surface area contributed by atoms with E-state index in [-0.39, 0.29) is 18.7 Å². The van der Waals surface area contributed by atoms with Gasteiger partial charge in [-0.15, -0.1) is 0 Å². The molecule has 2 atom stereocenters. The summed E-state index contributed by atoms with van der Waals surface area (Å²) in [6.45, 7) is 5.55. The minimum atomic E-state index is -0.903. The maximum Gasteiger partial charge on any atom is 0.322 e. The van der Waals surface area contributed by atoms with Gasteiger partial charge in [-0.1, -0.05) is 29.8 Å². The second-order valence-electron chi connectivity index (χ2n) is 7.05. The molecule has 0 aliphatic carbocycles. The lowest BCUT2D eigenvalue weighted by Gasteiger charge is -2.28. The SMILES string of the molecule is COC(=O)CC[C@H](N[C@H](C(=O)NC(C)(C)C)c1ccccc1Cl)C(=O)OC. The molecule has 150 valence electrons. The number of carbonyl (C=O) groups is 3. The van der Waals surface area contributed by atoms with Crippen LogP contribution in [0.25, 0.3) is 0 Å². The van der Waals surface area contributed by atoms with Gasteiger partial charge in [0.05, 0.1) is 14.2 Å². The van der Waals surface area contributed by atoms with Crippen LogP contribution in [0.1, 0.15) is 45.2 Å². The Morgan fingerprint density at radius 1 is 1.11 bits per heavy atom. The number of hydrogen-bond acceptors (Lipinski definition) is 6. The summed E-state index contributed by atoms with van der Waals surface area (Å²) in [5, 5.41) is 6.25. The Bertz CT molecular complexity index is 672. The number of halogens is 1. The molecule has 0 bridgehead atoms. The van der Waals surface area contributed by atoms with E-state index >= 15 is 0 Å². The van der Waals surface area contributed by atoms with E-state index in [4.69, 9.17) is 16.3 Å². The first-order chi connectivity index (χ1) is 12.6. The molecule has 0 aliphatic heterocycles. The Morgan fingerprint density at radius 3 is 2.26 bits per heavy atom. The Labute approximate surface area is 164 Å². The number of esters is 2. The van der Waals surface area contributed by atoms with Gasteiger partial charge in [0.2, 0.25) is 5.91 Å². The van der Waals surface area contributed by atoms with Crippen molar-refractivity contribution in [2.45, 2.75) is 51.2 Å². The molecule has 0 fully saturated rings. The van der Waals surface area contributed by atoms with Crippen LogP contribution >= 0.6 is 11.6 Å². The molecule has 1 rings (SSSR count). The molecular weight excluding hydrogens is 372 g/mol. The highest BCUT2D eigenvalue weighted by molar-refractivity contribution is 6.31. The largest absolute Gasteiger partial charge is 0.469 e. The maximum absolute atomic E-state index is 12.9. The number of carbonyl (C=O) groups excluding carboxylic acids is 3. The number of rotatable bonds is 8. The van der Waals surface area contributed by atoms with Crippen molar-refractivity contribution in [2.24, 2.45) is 0 Å². The molecular formula is C19H27ClN2O5. The summed E-state index contributed by atoms with van der Waals surface area (Å²) in [6, 6.07) is 5.08. The zero-order valence-corrected chi connectivity index (χ0v) is 17.1. The topological polar surface area (TPSA) is 93.7 Å². The average molecular weight is 399 g/mol. The Balaban J connectivity index is 3.15. The monoisotopic (exact) mass is 398 g/mol. The molecule has 0 aromatic heterocycles. The van der Waals surface area contributed by atoms with Gasteiger partial charge >= 0.3 is 11.9 Å². The van der Waals surface area contributed by atoms with Gasteiger partial charge < -0.3 is 14.8 Å². The molecule has 27 heavy (non-hydrogen) atoms. The highest BCUT2D eigenvalue weighted by Crippen LogP contribution is 2.24. The second kappa shape index (κ2) is 10.3. The van der Waals surface area contributed by atoms with E-state index in [1.54, 1.807) is 24.3 Å². The molecule has 0 aliphatic rings. The van der Waals surface area contributed by atoms with Crippen LogP contribution in [0.2, 0.25) is 5.02 Å². The van der Waals surface area contributed by atoms with Crippen molar-refractivity contribution < 1.29 is 23.9 Å². The highest BCUT2D eigenvalue weighted by atomic mass is 35.5. The summed E-state index contributed by atoms with van der Waals surface area (Å²) in [5.41, 5.74) is 0.0401. The number of nitrogens with one attached hydrogen (secondary N) is 2. The minimum absolute atomic E-state index is 0.000597. The van der Waals surface area contributed by atoms with E-state index in [9.17, 15) is 14.4 Å². The number of amides is 1. The summed E-state index contributed by atoms with van der Waals surface area (Å²) < 4.78 is 9.42. The zero-order valence-electron chi connectivity index (χ0n) is 16.3. The van der Waals surface area contributed by atoms with Crippen LogP contribution in [0.4, 0.5) is 0 Å². The van der Waals surface area contributed by atoms with Gasteiger partial charge in [0.25, 0.3) is 0 Å². The van der Waals surface area contributed by atoms with Crippen molar-refractivity contribution in [3.05, 3.63) is 34.9 Å². The van der Waals surface area contributed by atoms with Crippen molar-refractivity contribution in [3.63, 3.8) is 0 Å². The third kappa shape index (κ3) is 7.56. The zero-order chi connectivity index (χ0) is 20.6.